The van der Waals surface area contributed by atoms with Gasteiger partial charge in [-0.25, -0.2) is 0 Å². The molecule has 3 saturated heterocycles. The SMILES string of the molecule is F[C-](F)F.F[C-](F)F.O=S12(C(F)(F)F)ON1S1(=O)(C(F)(F)F)ON21.[Mn+3].[Mn+3].[O-]c1c(Cl)cc(Cl)cc1C=NCCCNCCNCCCN=Cc1cc(Cl)cc(Cl)c1[O-].[O-]c1c(Cl)cc(Cl)cc1C=NCCCNCCNCCCN=Cc1cc(Cl)cc(Cl)c1[O-]. The van der Waals surface area contributed by atoms with Crippen LogP contribution in [-0.4, -0.2) is 131 Å². The van der Waals surface area contributed by atoms with Crippen LogP contribution in [0.3, 0.4) is 0 Å². The van der Waals surface area contributed by atoms with Crippen molar-refractivity contribution in [2.45, 2.75) is 36.7 Å². The summed E-state index contributed by atoms with van der Waals surface area (Å²) >= 11 is 46.8. The fourth-order valence-electron chi connectivity index (χ4n) is 6.72. The monoisotopic (exact) mass is 1570 g/mol. The van der Waals surface area contributed by atoms with Crippen LogP contribution < -0.4 is 41.7 Å². The van der Waals surface area contributed by atoms with Crippen LogP contribution in [0.25, 0.3) is 0 Å². The van der Waals surface area contributed by atoms with Gasteiger partial charge in [-0.05, 0) is 123 Å². The third-order valence-electron chi connectivity index (χ3n) is 10.8. The van der Waals surface area contributed by atoms with Gasteiger partial charge < -0.3 is 68.0 Å². The first kappa shape index (κ1) is 85.3. The van der Waals surface area contributed by atoms with Crippen molar-refractivity contribution in [1.29, 1.82) is 0 Å². The molecule has 4 aromatic rings. The zero-order valence-electron chi connectivity index (χ0n) is 45.3. The van der Waals surface area contributed by atoms with E-state index in [0.717, 1.165) is 78.0 Å². The molecule has 4 aromatic carbocycles. The van der Waals surface area contributed by atoms with E-state index in [4.69, 9.17) is 92.8 Å². The van der Waals surface area contributed by atoms with Gasteiger partial charge in [-0.2, -0.15) is 8.42 Å². The first-order valence-corrected chi connectivity index (χ1v) is 31.3. The number of nitrogens with one attached hydrogen (secondary N) is 4. The zero-order chi connectivity index (χ0) is 66.3. The summed E-state index contributed by atoms with van der Waals surface area (Å²) < 4.78 is 158. The van der Waals surface area contributed by atoms with Crippen LogP contribution in [0.4, 0.5) is 52.7 Å². The third kappa shape index (κ3) is 23.9. The van der Waals surface area contributed by atoms with Crippen LogP contribution in [0.5, 0.6) is 23.0 Å². The minimum atomic E-state index is -6.31. The predicted molar refractivity (Wildman–Crippen MR) is 311 cm³/mol. The molecule has 90 heavy (non-hydrogen) atoms. The Morgan fingerprint density at radius 1 is 0.411 bits per heavy atom. The number of hydrogen-bond acceptors (Lipinski definition) is 16. The Labute approximate surface area is 568 Å². The van der Waals surface area contributed by atoms with Crippen molar-refractivity contribution in [2.75, 3.05) is 78.5 Å². The molecule has 3 heterocycles. The minimum absolute atomic E-state index is 0. The second-order valence-corrected chi connectivity index (χ2v) is 26.9. The smallest absolute Gasteiger partial charge is 0.871 e. The summed E-state index contributed by atoms with van der Waals surface area (Å²) in [4.78, 5) is 17.0. The fourth-order valence-corrected chi connectivity index (χ4v) is 17.5. The van der Waals surface area contributed by atoms with Crippen LogP contribution >= 0.6 is 92.8 Å². The summed E-state index contributed by atoms with van der Waals surface area (Å²) in [5, 5.41) is 62.7. The van der Waals surface area contributed by atoms with E-state index >= 15 is 0 Å². The van der Waals surface area contributed by atoms with E-state index in [2.05, 4.69) is 49.8 Å². The average Bonchev–Trinajstić information content (AvgIpc) is 1.37. The molecule has 42 heteroatoms. The molecule has 18 nitrogen and oxygen atoms in total. The van der Waals surface area contributed by atoms with Gasteiger partial charge in [-0.1, -0.05) is 116 Å². The zero-order valence-corrected chi connectivity index (χ0v) is 55.4. The molecular formula is C48H48Cl8F12Mn2N10O8S2. The van der Waals surface area contributed by atoms with E-state index in [1.807, 2.05) is 0 Å². The summed E-state index contributed by atoms with van der Waals surface area (Å²) in [7, 11) is -12.6. The molecule has 4 N–H and O–H groups in total. The first-order chi connectivity index (χ1) is 41.0. The quantitative estimate of drug-likeness (QED) is 0.0114. The Hall–Kier alpha value is -2.74. The Morgan fingerprint density at radius 2 is 0.600 bits per heavy atom. The second kappa shape index (κ2) is 38.7. The van der Waals surface area contributed by atoms with Crippen LogP contribution in [0.15, 0.2) is 68.5 Å². The number of rotatable bonds is 26. The maximum atomic E-state index is 12.3. The van der Waals surface area contributed by atoms with E-state index in [9.17, 15) is 81.5 Å². The molecule has 0 aromatic heterocycles. The van der Waals surface area contributed by atoms with Crippen molar-refractivity contribution in [2.24, 2.45) is 20.0 Å². The predicted octanol–water partition coefficient (Wildman–Crippen LogP) is 11.2. The molecule has 0 unspecified atom stereocenters. The molecule has 0 saturated carbocycles. The van der Waals surface area contributed by atoms with E-state index in [-0.39, 0.29) is 77.2 Å². The summed E-state index contributed by atoms with van der Waals surface area (Å²) in [6.45, 7) is 2.88. The van der Waals surface area contributed by atoms with Crippen molar-refractivity contribution < 1.29 is 124 Å². The molecule has 0 aliphatic carbocycles. The maximum absolute atomic E-state index is 12.3. The average molecular weight is 1580 g/mol. The Bertz CT molecular complexity index is 2860. The number of hydrogen-bond donors (Lipinski definition) is 4. The molecule has 0 radical (unpaired) electrons. The van der Waals surface area contributed by atoms with Gasteiger partial charge in [-0.3, -0.25) is 20.0 Å². The van der Waals surface area contributed by atoms with Gasteiger partial charge in [0.05, 0.1) is 7.75 Å². The number of fused-ring (bicyclic) bond motifs is 4. The van der Waals surface area contributed by atoms with Crippen LogP contribution in [-0.2, 0) is 62.1 Å². The van der Waals surface area contributed by atoms with Gasteiger partial charge in [0.2, 0.25) is 0 Å². The summed E-state index contributed by atoms with van der Waals surface area (Å²) in [5.74, 6) is -1.06. The van der Waals surface area contributed by atoms with Gasteiger partial charge in [0, 0.05) is 117 Å². The van der Waals surface area contributed by atoms with Crippen LogP contribution in [0.1, 0.15) is 47.9 Å². The molecule has 0 bridgehead atoms. The number of benzene rings is 4. The number of aliphatic imine (C=N–C) groups is 4. The summed E-state index contributed by atoms with van der Waals surface area (Å²) in [6.07, 6.45) is 9.47. The summed E-state index contributed by atoms with van der Waals surface area (Å²) in [6, 6.07) is 11.9. The molecule has 0 amide bonds. The second-order valence-electron chi connectivity index (χ2n) is 17.3. The maximum Gasteiger partial charge on any atom is 3.00 e. The van der Waals surface area contributed by atoms with Crippen molar-refractivity contribution in [1.82, 2.24) is 29.0 Å². The molecule has 3 aliphatic rings. The van der Waals surface area contributed by atoms with Crippen LogP contribution in [0, 0.1) is 13.4 Å². The minimum Gasteiger partial charge on any atom is -0.871 e. The van der Waals surface area contributed by atoms with Gasteiger partial charge in [0.1, 0.15) is 19.4 Å². The van der Waals surface area contributed by atoms with Crippen molar-refractivity contribution >= 4 is 137 Å². The van der Waals surface area contributed by atoms with E-state index in [1.54, 1.807) is 24.3 Å². The normalized spacial score (nSPS) is 17.8. The van der Waals surface area contributed by atoms with Crippen molar-refractivity contribution in [3.8, 4) is 23.0 Å². The van der Waals surface area contributed by atoms with Crippen molar-refractivity contribution in [3.05, 3.63) is 124 Å². The molecule has 3 aliphatic heterocycles. The molecule has 0 atom stereocenters. The number of nitrogens with zero attached hydrogens (tertiary/aromatic N) is 6. The largest absolute Gasteiger partial charge is 3.00 e. The molecule has 504 valence electrons. The number of alkyl halides is 6. The first-order valence-electron chi connectivity index (χ1n) is 24.7. The van der Waals surface area contributed by atoms with E-state index in [1.165, 1.54) is 49.1 Å². The topological polar surface area (TPSA) is 255 Å². The molecule has 3 fully saturated rings. The van der Waals surface area contributed by atoms with Crippen molar-refractivity contribution in [3.63, 3.8) is 0 Å². The van der Waals surface area contributed by atoms with Gasteiger partial charge >= 0.3 is 45.2 Å². The standard InChI is InChI=1S/2C22H26Cl4N4O2.C2F6N2O4S2.2CF3.2Mn/c2*23-17-9-15(21(31)19(25)11-17)13-29-5-1-3-27-7-8-28-4-2-6-30-14-16-10-18(24)12-20(26)22(16)32;3-1(4,5)15(11)9(13-15)16(12,2(6,7)8)10(15)14-16;2*2-1(3)4;;/h2*9-14,27-28,31-32H,1-8H2;;;;;/q;;;2*-1;2*+3/p-4. The molecular weight excluding hydrogens is 1530 g/mol. The summed E-state index contributed by atoms with van der Waals surface area (Å²) in [5.41, 5.74) is -9.69. The Morgan fingerprint density at radius 3 is 0.767 bits per heavy atom. The Kier molecular flexibility index (Phi) is 36.7. The van der Waals surface area contributed by atoms with Gasteiger partial charge in [-0.15, -0.1) is 34.9 Å². The van der Waals surface area contributed by atoms with E-state index in [0.29, 0.717) is 68.5 Å². The third-order valence-corrected chi connectivity index (χ3v) is 20.7. The van der Waals surface area contributed by atoms with Crippen LogP contribution in [0.2, 0.25) is 40.2 Å². The van der Waals surface area contributed by atoms with Gasteiger partial charge in [0.15, 0.2) is 13.4 Å². The molecule has 7 rings (SSSR count). The van der Waals surface area contributed by atoms with Gasteiger partial charge in [0.25, 0.3) is 0 Å². The fraction of sp³-hybridized carbons (Fsp3) is 0.375. The molecule has 0 spiro atoms. The Balaban J connectivity index is 0.000000653. The number of halogens is 20. The van der Waals surface area contributed by atoms with E-state index < -0.39 is 51.6 Å².